The van der Waals surface area contributed by atoms with Crippen molar-refractivity contribution in [3.63, 3.8) is 0 Å². The largest absolute Gasteiger partial charge is 0.300 e. The minimum Gasteiger partial charge on any atom is -0.258 e. The van der Waals surface area contributed by atoms with Crippen LogP contribution in [0, 0.1) is 20.9 Å². The molecule has 2 rings (SSSR count). The highest BCUT2D eigenvalue weighted by Crippen LogP contribution is 2.28. The quantitative estimate of drug-likeness (QED) is 0.519. The Morgan fingerprint density at radius 1 is 1.25 bits per heavy atom. The molecule has 60 valence electrons. The monoisotopic (exact) mass is 182 g/mol. The average molecular weight is 183 g/mol. The molecule has 12 heavy (non-hydrogen) atoms. The fourth-order valence-electron chi connectivity index (χ4n) is 0.896. The molecule has 0 spiro atoms. The SMILES string of the molecule is O=[N+]([O-])c1ccc(C2=C[Cl+]2)cc1. The molecule has 0 radical (unpaired) electrons. The van der Waals surface area contributed by atoms with Gasteiger partial charge in [-0.3, -0.25) is 10.1 Å². The lowest BCUT2D eigenvalue weighted by atomic mass is 10.2. The maximum atomic E-state index is 10.3. The third-order valence-corrected chi connectivity index (χ3v) is 2.23. The van der Waals surface area contributed by atoms with E-state index in [0.717, 1.165) is 10.6 Å². The topological polar surface area (TPSA) is 43.1 Å². The molecule has 0 atom stereocenters. The van der Waals surface area contributed by atoms with E-state index in [2.05, 4.69) is 10.8 Å². The van der Waals surface area contributed by atoms with E-state index < -0.39 is 4.92 Å². The molecule has 4 heteroatoms. The van der Waals surface area contributed by atoms with Crippen molar-refractivity contribution in [1.29, 1.82) is 0 Å². The number of rotatable bonds is 2. The zero-order valence-electron chi connectivity index (χ0n) is 6.03. The first-order valence-corrected chi connectivity index (χ1v) is 4.17. The first-order valence-electron chi connectivity index (χ1n) is 3.36. The Morgan fingerprint density at radius 2 is 1.83 bits per heavy atom. The van der Waals surface area contributed by atoms with E-state index in [9.17, 15) is 10.1 Å². The van der Waals surface area contributed by atoms with E-state index in [4.69, 9.17) is 0 Å². The minimum absolute atomic E-state index is 0.137. The summed E-state index contributed by atoms with van der Waals surface area (Å²) in [6.07, 6.45) is 0. The zero-order chi connectivity index (χ0) is 8.55. The van der Waals surface area contributed by atoms with Crippen LogP contribution in [-0.2, 0) is 0 Å². The highest BCUT2D eigenvalue weighted by molar-refractivity contribution is 5.63. The highest BCUT2D eigenvalue weighted by atomic mass is 35.5. The van der Waals surface area contributed by atoms with E-state index >= 15 is 0 Å². The molecule has 0 saturated carbocycles. The van der Waals surface area contributed by atoms with Crippen molar-refractivity contribution in [2.45, 2.75) is 0 Å². The Labute approximate surface area is 72.6 Å². The maximum Gasteiger partial charge on any atom is 0.300 e. The lowest BCUT2D eigenvalue weighted by molar-refractivity contribution is -0.411. The minimum atomic E-state index is -0.395. The van der Waals surface area contributed by atoms with Gasteiger partial charge in [0.15, 0.2) is 0 Å². The second kappa shape index (κ2) is 2.60. The van der Waals surface area contributed by atoms with E-state index in [1.165, 1.54) is 12.1 Å². The molecule has 3 nitrogen and oxygen atoms in total. The molecule has 0 N–H and O–H groups in total. The standard InChI is InChI=1S/C8H5ClNO2/c11-10(12)7-3-1-6(2-4-7)8-5-9-8/h1-5H/q+1. The molecule has 0 saturated heterocycles. The number of nitro groups is 1. The van der Waals surface area contributed by atoms with Crippen LogP contribution >= 0.6 is 0 Å². The molecular weight excluding hydrogens is 178 g/mol. The van der Waals surface area contributed by atoms with Crippen LogP contribution in [0.25, 0.3) is 5.03 Å². The van der Waals surface area contributed by atoms with Gasteiger partial charge >= 0.3 is 0 Å². The van der Waals surface area contributed by atoms with E-state index in [1.807, 2.05) is 5.54 Å². The fourth-order valence-corrected chi connectivity index (χ4v) is 1.33. The summed E-state index contributed by atoms with van der Waals surface area (Å²) in [5, 5.41) is 11.4. The number of nitro benzene ring substituents is 1. The molecular formula is C8H5ClNO2+. The van der Waals surface area contributed by atoms with Crippen molar-refractivity contribution in [3.05, 3.63) is 45.5 Å². The third-order valence-electron chi connectivity index (χ3n) is 1.57. The Balaban J connectivity index is 2.30. The van der Waals surface area contributed by atoms with Crippen LogP contribution in [0.4, 0.5) is 5.69 Å². The Hall–Kier alpha value is -1.35. The van der Waals surface area contributed by atoms with Crippen LogP contribution < -0.4 is 0 Å². The molecule has 1 aromatic carbocycles. The molecule has 0 aliphatic carbocycles. The highest BCUT2D eigenvalue weighted by Gasteiger charge is 2.32. The zero-order valence-corrected chi connectivity index (χ0v) is 6.78. The second-order valence-corrected chi connectivity index (χ2v) is 3.21. The van der Waals surface area contributed by atoms with Crippen molar-refractivity contribution in [1.82, 2.24) is 0 Å². The van der Waals surface area contributed by atoms with Gasteiger partial charge in [-0.05, 0) is 12.1 Å². The van der Waals surface area contributed by atoms with Crippen LogP contribution in [0.5, 0.6) is 0 Å². The molecule has 1 aliphatic rings. The summed E-state index contributed by atoms with van der Waals surface area (Å²) in [5.74, 6) is 0. The summed E-state index contributed by atoms with van der Waals surface area (Å²) >= 11 is 0. The first kappa shape index (κ1) is 7.31. The fraction of sp³-hybridized carbons (Fsp3) is 0. The Bertz CT molecular complexity index is 335. The van der Waals surface area contributed by atoms with Crippen LogP contribution in [0.1, 0.15) is 5.56 Å². The van der Waals surface area contributed by atoms with Gasteiger partial charge in [0.25, 0.3) is 16.3 Å². The first-order chi connectivity index (χ1) is 5.77. The van der Waals surface area contributed by atoms with Gasteiger partial charge in [0.1, 0.15) is 0 Å². The molecule has 1 heterocycles. The number of nitrogens with zero attached hydrogens (tertiary/aromatic N) is 1. The van der Waals surface area contributed by atoms with E-state index in [1.54, 1.807) is 12.1 Å². The maximum absolute atomic E-state index is 10.3. The van der Waals surface area contributed by atoms with Crippen molar-refractivity contribution < 1.29 is 15.7 Å². The van der Waals surface area contributed by atoms with Crippen molar-refractivity contribution in [3.8, 4) is 0 Å². The summed E-state index contributed by atoms with van der Waals surface area (Å²) in [6, 6.07) is 6.54. The molecule has 0 amide bonds. The third kappa shape index (κ3) is 1.31. The Kier molecular flexibility index (Phi) is 1.59. The van der Waals surface area contributed by atoms with Gasteiger partial charge < -0.3 is 0 Å². The Morgan fingerprint density at radius 3 is 2.25 bits per heavy atom. The van der Waals surface area contributed by atoms with E-state index in [0.29, 0.717) is 0 Å². The summed E-state index contributed by atoms with van der Waals surface area (Å²) in [5.41, 5.74) is 3.13. The van der Waals surface area contributed by atoms with Crippen LogP contribution in [0.3, 0.4) is 0 Å². The van der Waals surface area contributed by atoms with Crippen LogP contribution in [0.2, 0.25) is 0 Å². The molecule has 1 aromatic rings. The molecule has 0 aromatic heterocycles. The lowest BCUT2D eigenvalue weighted by Gasteiger charge is -1.89. The van der Waals surface area contributed by atoms with Gasteiger partial charge in [-0.2, -0.15) is 0 Å². The lowest BCUT2D eigenvalue weighted by Crippen LogP contribution is -1.86. The molecule has 0 bridgehead atoms. The second-order valence-electron chi connectivity index (χ2n) is 2.37. The smallest absolute Gasteiger partial charge is 0.258 e. The summed E-state index contributed by atoms with van der Waals surface area (Å²) < 4.78 is 0. The van der Waals surface area contributed by atoms with Gasteiger partial charge in [0, 0.05) is 17.7 Å². The number of non-ortho nitro benzene ring substituents is 1. The molecule has 0 unspecified atom stereocenters. The predicted molar refractivity (Wildman–Crippen MR) is 41.1 cm³/mol. The van der Waals surface area contributed by atoms with E-state index in [-0.39, 0.29) is 5.69 Å². The average Bonchev–Trinajstić information content (AvgIpc) is 2.87. The summed E-state index contributed by atoms with van der Waals surface area (Å²) in [6.45, 7) is 0. The normalized spacial score (nSPS) is 13.8. The number of halogens is 1. The number of benzene rings is 1. The summed E-state index contributed by atoms with van der Waals surface area (Å²) in [7, 11) is 2.08. The van der Waals surface area contributed by atoms with Crippen molar-refractivity contribution in [2.24, 2.45) is 0 Å². The molecule has 1 aliphatic heterocycles. The van der Waals surface area contributed by atoms with Gasteiger partial charge in [0.05, 0.1) is 4.92 Å². The predicted octanol–water partition coefficient (Wildman–Crippen LogP) is 1.99. The molecule has 0 fully saturated rings. The van der Waals surface area contributed by atoms with Crippen molar-refractivity contribution in [2.75, 3.05) is 0 Å². The number of hydrogen-bond donors (Lipinski definition) is 0. The van der Waals surface area contributed by atoms with Crippen LogP contribution in [-0.4, -0.2) is 4.92 Å². The van der Waals surface area contributed by atoms with Gasteiger partial charge in [-0.25, -0.2) is 0 Å². The van der Waals surface area contributed by atoms with Gasteiger partial charge in [-0.1, -0.05) is 0 Å². The number of hydrogen-bond acceptors (Lipinski definition) is 2. The summed E-state index contributed by atoms with van der Waals surface area (Å²) in [4.78, 5) is 9.88. The van der Waals surface area contributed by atoms with Gasteiger partial charge in [0.2, 0.25) is 10.8 Å². The van der Waals surface area contributed by atoms with Crippen LogP contribution in [0.15, 0.2) is 29.8 Å². The van der Waals surface area contributed by atoms with Gasteiger partial charge in [-0.15, -0.1) is 0 Å². The van der Waals surface area contributed by atoms with Crippen molar-refractivity contribution >= 4 is 10.7 Å².